The number of carbonyl (C=O) groups is 1. The van der Waals surface area contributed by atoms with Crippen molar-refractivity contribution >= 4 is 45.3 Å². The highest BCUT2D eigenvalue weighted by Crippen LogP contribution is 2.36. The first-order valence-corrected chi connectivity index (χ1v) is 10.0. The van der Waals surface area contributed by atoms with Crippen molar-refractivity contribution in [3.05, 3.63) is 70.8 Å². The minimum Gasteiger partial charge on any atom is -0.465 e. The minimum absolute atomic E-state index is 0.397. The van der Waals surface area contributed by atoms with Crippen molar-refractivity contribution in [2.75, 3.05) is 17.7 Å². The third-order valence-corrected chi connectivity index (χ3v) is 5.64. The highest BCUT2D eigenvalue weighted by Gasteiger charge is 2.19. The number of thiocarbonyl (C=S) groups is 1. The number of ether oxygens (including phenoxy) is 1. The van der Waals surface area contributed by atoms with Crippen LogP contribution in [0.25, 0.3) is 10.4 Å². The highest BCUT2D eigenvalue weighted by molar-refractivity contribution is 7.80. The molecule has 6 heteroatoms. The maximum absolute atomic E-state index is 12.2. The molecule has 1 heterocycles. The van der Waals surface area contributed by atoms with Crippen molar-refractivity contribution in [1.82, 2.24) is 0 Å². The molecular weight excluding hydrogens is 388 g/mol. The normalized spacial score (nSPS) is 10.4. The molecule has 2 N–H and O–H groups in total. The second-order valence-corrected chi connectivity index (χ2v) is 8.02. The molecule has 1 aromatic heterocycles. The van der Waals surface area contributed by atoms with Gasteiger partial charge >= 0.3 is 5.97 Å². The number of hydrogen-bond donors (Lipinski definition) is 2. The first kappa shape index (κ1) is 20.0. The SMILES string of the molecule is COC(=O)c1cc(-c2ccccc2)sc1NC(=S)Nc1c(C)cc(C)cc1C. The fourth-order valence-electron chi connectivity index (χ4n) is 3.12. The molecule has 0 unspecified atom stereocenters. The summed E-state index contributed by atoms with van der Waals surface area (Å²) in [6.07, 6.45) is 0. The predicted molar refractivity (Wildman–Crippen MR) is 122 cm³/mol. The van der Waals surface area contributed by atoms with E-state index in [1.165, 1.54) is 24.0 Å². The highest BCUT2D eigenvalue weighted by atomic mass is 32.1. The van der Waals surface area contributed by atoms with E-state index in [1.807, 2.05) is 50.2 Å². The molecule has 144 valence electrons. The van der Waals surface area contributed by atoms with Crippen LogP contribution in [0.1, 0.15) is 27.0 Å². The van der Waals surface area contributed by atoms with E-state index in [0.29, 0.717) is 15.7 Å². The first-order chi connectivity index (χ1) is 13.4. The van der Waals surface area contributed by atoms with Gasteiger partial charge < -0.3 is 15.4 Å². The average Bonchev–Trinajstić information content (AvgIpc) is 3.08. The molecule has 3 aromatic rings. The second kappa shape index (κ2) is 8.54. The number of hydrogen-bond acceptors (Lipinski definition) is 4. The topological polar surface area (TPSA) is 50.4 Å². The quantitative estimate of drug-likeness (QED) is 0.412. The van der Waals surface area contributed by atoms with Gasteiger partial charge in [0.15, 0.2) is 5.11 Å². The largest absolute Gasteiger partial charge is 0.465 e. The molecule has 0 aliphatic carbocycles. The summed E-state index contributed by atoms with van der Waals surface area (Å²) in [5, 5.41) is 7.52. The minimum atomic E-state index is -0.397. The lowest BCUT2D eigenvalue weighted by atomic mass is 10.1. The molecule has 0 aliphatic rings. The van der Waals surface area contributed by atoms with Crippen LogP contribution >= 0.6 is 23.6 Å². The van der Waals surface area contributed by atoms with Crippen LogP contribution in [0.5, 0.6) is 0 Å². The van der Waals surface area contributed by atoms with Crippen molar-refractivity contribution in [3.63, 3.8) is 0 Å². The Kier molecular flexibility index (Phi) is 6.11. The van der Waals surface area contributed by atoms with Crippen LogP contribution in [-0.4, -0.2) is 18.2 Å². The molecule has 0 radical (unpaired) electrons. The molecule has 0 saturated heterocycles. The van der Waals surface area contributed by atoms with Crippen molar-refractivity contribution in [2.45, 2.75) is 20.8 Å². The number of carbonyl (C=O) groups excluding carboxylic acids is 1. The lowest BCUT2D eigenvalue weighted by molar-refractivity contribution is 0.0602. The van der Waals surface area contributed by atoms with E-state index < -0.39 is 5.97 Å². The van der Waals surface area contributed by atoms with Crippen LogP contribution in [0.4, 0.5) is 10.7 Å². The fourth-order valence-corrected chi connectivity index (χ4v) is 4.44. The van der Waals surface area contributed by atoms with E-state index in [2.05, 4.69) is 29.7 Å². The molecule has 0 aliphatic heterocycles. The number of rotatable bonds is 4. The van der Waals surface area contributed by atoms with Gasteiger partial charge in [-0.1, -0.05) is 48.0 Å². The van der Waals surface area contributed by atoms with Crippen molar-refractivity contribution in [3.8, 4) is 10.4 Å². The van der Waals surface area contributed by atoms with E-state index >= 15 is 0 Å². The number of methoxy groups -OCH3 is 1. The number of aryl methyl sites for hydroxylation is 3. The zero-order chi connectivity index (χ0) is 20.3. The van der Waals surface area contributed by atoms with Gasteiger partial charge in [-0.2, -0.15) is 0 Å². The van der Waals surface area contributed by atoms with Crippen molar-refractivity contribution in [2.24, 2.45) is 0 Å². The Labute approximate surface area is 174 Å². The molecule has 4 nitrogen and oxygen atoms in total. The van der Waals surface area contributed by atoms with Crippen LogP contribution in [0.3, 0.4) is 0 Å². The molecule has 2 aromatic carbocycles. The lowest BCUT2D eigenvalue weighted by Crippen LogP contribution is -2.21. The molecule has 0 amide bonds. The molecule has 0 atom stereocenters. The summed E-state index contributed by atoms with van der Waals surface area (Å²) >= 11 is 6.98. The van der Waals surface area contributed by atoms with E-state index in [9.17, 15) is 4.79 Å². The molecule has 28 heavy (non-hydrogen) atoms. The number of anilines is 2. The van der Waals surface area contributed by atoms with E-state index in [-0.39, 0.29) is 0 Å². The molecule has 0 fully saturated rings. The zero-order valence-electron chi connectivity index (χ0n) is 16.3. The van der Waals surface area contributed by atoms with Crippen LogP contribution in [0.15, 0.2) is 48.5 Å². The number of nitrogens with one attached hydrogen (secondary N) is 2. The van der Waals surface area contributed by atoms with Crippen molar-refractivity contribution < 1.29 is 9.53 Å². The third kappa shape index (κ3) is 4.40. The summed E-state index contributed by atoms with van der Waals surface area (Å²) in [5.41, 5.74) is 5.92. The molecular formula is C22H22N2O2S2. The monoisotopic (exact) mass is 410 g/mol. The Morgan fingerprint density at radius 2 is 1.64 bits per heavy atom. The standard InChI is InChI=1S/C22H22N2O2S2/c1-13-10-14(2)19(15(3)11-13)23-22(27)24-20-17(21(25)26-4)12-18(28-20)16-8-6-5-7-9-16/h5-12H,1-4H3,(H2,23,24,27). The maximum atomic E-state index is 12.2. The summed E-state index contributed by atoms with van der Waals surface area (Å²) in [5.74, 6) is -0.397. The first-order valence-electron chi connectivity index (χ1n) is 8.82. The van der Waals surface area contributed by atoms with Gasteiger partial charge in [-0.25, -0.2) is 4.79 Å². The summed E-state index contributed by atoms with van der Waals surface area (Å²) in [4.78, 5) is 13.2. The smallest absolute Gasteiger partial charge is 0.340 e. The van der Waals surface area contributed by atoms with E-state index in [0.717, 1.165) is 27.3 Å². The average molecular weight is 411 g/mol. The van der Waals surface area contributed by atoms with Gasteiger partial charge in [0.2, 0.25) is 0 Å². The number of esters is 1. The van der Waals surface area contributed by atoms with Crippen LogP contribution in [0, 0.1) is 20.8 Å². The predicted octanol–water partition coefficient (Wildman–Crippen LogP) is 5.94. The van der Waals surface area contributed by atoms with Crippen LogP contribution < -0.4 is 10.6 Å². The Morgan fingerprint density at radius 3 is 2.25 bits per heavy atom. The zero-order valence-corrected chi connectivity index (χ0v) is 17.9. The van der Waals surface area contributed by atoms with Gasteiger partial charge in [0.05, 0.1) is 12.7 Å². The Hall–Kier alpha value is -2.70. The summed E-state index contributed by atoms with van der Waals surface area (Å²) in [6, 6.07) is 16.0. The number of thiophene rings is 1. The second-order valence-electron chi connectivity index (χ2n) is 6.56. The van der Waals surface area contributed by atoms with E-state index in [1.54, 1.807) is 0 Å². The molecule has 3 rings (SSSR count). The van der Waals surface area contributed by atoms with Gasteiger partial charge in [-0.05, 0) is 55.7 Å². The van der Waals surface area contributed by atoms with Gasteiger partial charge in [0.25, 0.3) is 0 Å². The van der Waals surface area contributed by atoms with Crippen LogP contribution in [0.2, 0.25) is 0 Å². The fraction of sp³-hybridized carbons (Fsp3) is 0.182. The van der Waals surface area contributed by atoms with E-state index in [4.69, 9.17) is 17.0 Å². The Morgan fingerprint density at radius 1 is 1.00 bits per heavy atom. The third-order valence-electron chi connectivity index (χ3n) is 4.34. The van der Waals surface area contributed by atoms with Crippen molar-refractivity contribution in [1.29, 1.82) is 0 Å². The molecule has 0 saturated carbocycles. The molecule has 0 spiro atoms. The summed E-state index contributed by atoms with van der Waals surface area (Å²) in [7, 11) is 1.38. The van der Waals surface area contributed by atoms with Gasteiger partial charge in [-0.15, -0.1) is 11.3 Å². The Bertz CT molecular complexity index is 1000. The molecule has 0 bridgehead atoms. The van der Waals surface area contributed by atoms with Gasteiger partial charge in [0, 0.05) is 10.6 Å². The summed E-state index contributed by atoms with van der Waals surface area (Å²) < 4.78 is 4.94. The lowest BCUT2D eigenvalue weighted by Gasteiger charge is -2.15. The summed E-state index contributed by atoms with van der Waals surface area (Å²) in [6.45, 7) is 6.16. The van der Waals surface area contributed by atoms with Gasteiger partial charge in [0.1, 0.15) is 5.00 Å². The maximum Gasteiger partial charge on any atom is 0.340 e. The van der Waals surface area contributed by atoms with Crippen LogP contribution in [-0.2, 0) is 4.74 Å². The Balaban J connectivity index is 1.88. The van der Waals surface area contributed by atoms with Gasteiger partial charge in [-0.3, -0.25) is 0 Å². The number of benzene rings is 2.